The maximum absolute atomic E-state index is 12.6. The molecule has 3 rings (SSSR count). The van der Waals surface area contributed by atoms with Crippen LogP contribution in [0.3, 0.4) is 0 Å². The van der Waals surface area contributed by atoms with Crippen LogP contribution in [0.1, 0.15) is 46.4 Å². The van der Waals surface area contributed by atoms with Crippen molar-refractivity contribution in [2.75, 3.05) is 7.11 Å². The molecule has 3 N–H and O–H groups in total. The fraction of sp³-hybridized carbons (Fsp3) is 0.421. The predicted octanol–water partition coefficient (Wildman–Crippen LogP) is 1.76. The van der Waals surface area contributed by atoms with Crippen molar-refractivity contribution in [1.29, 1.82) is 0 Å². The zero-order valence-corrected chi connectivity index (χ0v) is 16.4. The highest BCUT2D eigenvalue weighted by Gasteiger charge is 2.39. The summed E-state index contributed by atoms with van der Waals surface area (Å²) in [5, 5.41) is 5.81. The van der Waals surface area contributed by atoms with Gasteiger partial charge in [-0.05, 0) is 31.0 Å². The number of carbonyl (C=O) groups is 2. The Morgan fingerprint density at radius 3 is 2.85 bits per heavy atom. The number of nitrogens with zero attached hydrogens (tertiary/aromatic N) is 1. The van der Waals surface area contributed by atoms with E-state index in [2.05, 4.69) is 28.1 Å². The third-order valence-corrected chi connectivity index (χ3v) is 5.61. The number of methoxy groups -OCH3 is 1. The quantitative estimate of drug-likeness (QED) is 0.653. The van der Waals surface area contributed by atoms with E-state index in [1.54, 1.807) is 17.4 Å². The molecule has 0 bridgehead atoms. The van der Waals surface area contributed by atoms with Crippen LogP contribution in [-0.4, -0.2) is 36.1 Å². The molecule has 2 aromatic rings. The van der Waals surface area contributed by atoms with Gasteiger partial charge in [-0.1, -0.05) is 19.1 Å². The molecular weight excluding hydrogens is 364 g/mol. The third-order valence-electron chi connectivity index (χ3n) is 4.71. The molecule has 1 saturated heterocycles. The average molecular weight is 388 g/mol. The Balaban J connectivity index is 1.72. The van der Waals surface area contributed by atoms with Crippen LogP contribution in [-0.2, 0) is 22.5 Å². The molecule has 0 spiro atoms. The van der Waals surface area contributed by atoms with Crippen molar-refractivity contribution in [2.45, 2.75) is 44.8 Å². The number of esters is 1. The van der Waals surface area contributed by atoms with Crippen LogP contribution in [0, 0.1) is 0 Å². The van der Waals surface area contributed by atoms with Gasteiger partial charge in [0.2, 0.25) is 0 Å². The van der Waals surface area contributed by atoms with Gasteiger partial charge in [-0.15, -0.1) is 11.3 Å². The van der Waals surface area contributed by atoms with E-state index >= 15 is 0 Å². The summed E-state index contributed by atoms with van der Waals surface area (Å²) in [5.74, 6) is -0.621. The second-order valence-electron chi connectivity index (χ2n) is 6.50. The van der Waals surface area contributed by atoms with Crippen LogP contribution in [0.4, 0.5) is 0 Å². The Morgan fingerprint density at radius 2 is 2.15 bits per heavy atom. The fourth-order valence-electron chi connectivity index (χ4n) is 3.24. The van der Waals surface area contributed by atoms with Gasteiger partial charge in [-0.3, -0.25) is 15.0 Å². The lowest BCUT2D eigenvalue weighted by Gasteiger charge is -2.20. The minimum Gasteiger partial charge on any atom is -0.468 e. The average Bonchev–Trinajstić information content (AvgIpc) is 3.31. The molecule has 27 heavy (non-hydrogen) atoms. The van der Waals surface area contributed by atoms with E-state index in [4.69, 9.17) is 4.74 Å². The summed E-state index contributed by atoms with van der Waals surface area (Å²) in [4.78, 5) is 29.1. The minimum absolute atomic E-state index is 0.0233. The molecule has 0 saturated carbocycles. The highest BCUT2D eigenvalue weighted by Crippen LogP contribution is 2.28. The molecule has 0 aliphatic carbocycles. The summed E-state index contributed by atoms with van der Waals surface area (Å²) in [6.45, 7) is 4.45. The zero-order chi connectivity index (χ0) is 19.4. The van der Waals surface area contributed by atoms with Gasteiger partial charge < -0.3 is 10.1 Å². The van der Waals surface area contributed by atoms with E-state index in [0.717, 1.165) is 22.7 Å². The topological polar surface area (TPSA) is 92.4 Å². The highest BCUT2D eigenvalue weighted by atomic mass is 32.1. The summed E-state index contributed by atoms with van der Waals surface area (Å²) in [7, 11) is 1.37. The van der Waals surface area contributed by atoms with Crippen LogP contribution in [0.5, 0.6) is 0 Å². The first-order valence-corrected chi connectivity index (χ1v) is 9.81. The van der Waals surface area contributed by atoms with Crippen LogP contribution in [0.25, 0.3) is 0 Å². The van der Waals surface area contributed by atoms with Crippen LogP contribution < -0.4 is 16.2 Å². The van der Waals surface area contributed by atoms with Crippen LogP contribution in [0.2, 0.25) is 0 Å². The summed E-state index contributed by atoms with van der Waals surface area (Å²) in [6.07, 6.45) is 0.884. The summed E-state index contributed by atoms with van der Waals surface area (Å²) in [5.41, 5.74) is 8.56. The lowest BCUT2D eigenvalue weighted by atomic mass is 9.87. The number of benzene rings is 1. The first kappa shape index (κ1) is 19.5. The number of carbonyl (C=O) groups excluding carboxylic acids is 2. The van der Waals surface area contributed by atoms with Gasteiger partial charge in [0.15, 0.2) is 0 Å². The van der Waals surface area contributed by atoms with E-state index in [-0.39, 0.29) is 23.8 Å². The Morgan fingerprint density at radius 1 is 1.33 bits per heavy atom. The van der Waals surface area contributed by atoms with Gasteiger partial charge in [0.25, 0.3) is 5.91 Å². The van der Waals surface area contributed by atoms with Crippen molar-refractivity contribution in [2.24, 2.45) is 0 Å². The van der Waals surface area contributed by atoms with Crippen LogP contribution >= 0.6 is 11.3 Å². The third kappa shape index (κ3) is 4.35. The van der Waals surface area contributed by atoms with Crippen molar-refractivity contribution >= 4 is 23.2 Å². The first-order chi connectivity index (χ1) is 13.0. The Hall–Kier alpha value is -2.29. The lowest BCUT2D eigenvalue weighted by Crippen LogP contribution is -2.39. The van der Waals surface area contributed by atoms with Crippen molar-refractivity contribution in [1.82, 2.24) is 21.2 Å². The van der Waals surface area contributed by atoms with Crippen molar-refractivity contribution < 1.29 is 14.3 Å². The molecule has 1 aliphatic heterocycles. The molecule has 1 aromatic carbocycles. The standard InChI is InChI=1S/C19H24N4O3S/c1-4-14-10-27-15(21-14)9-20-18(24)13-7-5-6-12(8-13)16-11(2)22-23-17(16)19(25)26-3/h5-8,10-11,16-17,22-23H,4,9H2,1-3H3,(H,20,24). The van der Waals surface area contributed by atoms with Gasteiger partial charge in [0.1, 0.15) is 11.0 Å². The summed E-state index contributed by atoms with van der Waals surface area (Å²) < 4.78 is 4.88. The number of aromatic nitrogens is 1. The number of nitrogens with one attached hydrogen (secondary N) is 3. The molecule has 1 fully saturated rings. The predicted molar refractivity (Wildman–Crippen MR) is 103 cm³/mol. The maximum atomic E-state index is 12.6. The van der Waals surface area contributed by atoms with Crippen molar-refractivity contribution in [3.8, 4) is 0 Å². The van der Waals surface area contributed by atoms with Gasteiger partial charge in [0.05, 0.1) is 19.3 Å². The second kappa shape index (κ2) is 8.60. The Labute approximate surface area is 162 Å². The Kier molecular flexibility index (Phi) is 6.20. The molecule has 0 radical (unpaired) electrons. The number of amides is 1. The molecule has 3 unspecified atom stereocenters. The van der Waals surface area contributed by atoms with Crippen LogP contribution in [0.15, 0.2) is 29.6 Å². The van der Waals surface area contributed by atoms with Gasteiger partial charge in [-0.2, -0.15) is 0 Å². The summed E-state index contributed by atoms with van der Waals surface area (Å²) >= 11 is 1.55. The highest BCUT2D eigenvalue weighted by molar-refractivity contribution is 7.09. The number of rotatable bonds is 6. The first-order valence-electron chi connectivity index (χ1n) is 8.93. The van der Waals surface area contributed by atoms with Crippen molar-refractivity contribution in [3.63, 3.8) is 0 Å². The molecule has 7 nitrogen and oxygen atoms in total. The van der Waals surface area contributed by atoms with Gasteiger partial charge in [-0.25, -0.2) is 10.4 Å². The molecule has 8 heteroatoms. The number of hydrogen-bond acceptors (Lipinski definition) is 7. The number of hydrazine groups is 1. The molecular formula is C19H24N4O3S. The monoisotopic (exact) mass is 388 g/mol. The number of ether oxygens (including phenoxy) is 1. The number of aryl methyl sites for hydroxylation is 1. The van der Waals surface area contributed by atoms with E-state index < -0.39 is 6.04 Å². The van der Waals surface area contributed by atoms with E-state index in [9.17, 15) is 9.59 Å². The lowest BCUT2D eigenvalue weighted by molar-refractivity contribution is -0.143. The molecule has 1 aromatic heterocycles. The van der Waals surface area contributed by atoms with Gasteiger partial charge >= 0.3 is 5.97 Å². The van der Waals surface area contributed by atoms with E-state index in [1.807, 2.05) is 30.5 Å². The van der Waals surface area contributed by atoms with E-state index in [0.29, 0.717) is 12.1 Å². The van der Waals surface area contributed by atoms with Crippen molar-refractivity contribution in [3.05, 3.63) is 51.5 Å². The maximum Gasteiger partial charge on any atom is 0.324 e. The summed E-state index contributed by atoms with van der Waals surface area (Å²) in [6, 6.07) is 6.90. The molecule has 1 aliphatic rings. The normalized spacial score (nSPS) is 21.8. The number of thiazole rings is 1. The van der Waals surface area contributed by atoms with E-state index in [1.165, 1.54) is 7.11 Å². The smallest absolute Gasteiger partial charge is 0.324 e. The molecule has 1 amide bonds. The fourth-order valence-corrected chi connectivity index (χ4v) is 4.06. The van der Waals surface area contributed by atoms with Gasteiger partial charge in [0, 0.05) is 22.9 Å². The molecule has 3 atom stereocenters. The zero-order valence-electron chi connectivity index (χ0n) is 15.6. The Bertz CT molecular complexity index is 823. The largest absolute Gasteiger partial charge is 0.468 e. The molecule has 144 valence electrons. The SMILES string of the molecule is CCc1csc(CNC(=O)c2cccc(C3C(C)NNC3C(=O)OC)c2)n1. The minimum atomic E-state index is -0.494. The number of hydrogen-bond donors (Lipinski definition) is 3. The second-order valence-corrected chi connectivity index (χ2v) is 7.44. The molecule has 2 heterocycles.